The Hall–Kier alpha value is -1.37. The average molecular weight is 467 g/mol. The van der Waals surface area contributed by atoms with Gasteiger partial charge < -0.3 is 10.2 Å². The summed E-state index contributed by atoms with van der Waals surface area (Å²) in [6, 6.07) is 16.2. The van der Waals surface area contributed by atoms with Gasteiger partial charge in [-0.2, -0.15) is 0 Å². The number of nitrogens with one attached hydrogen (secondary N) is 1. The summed E-state index contributed by atoms with van der Waals surface area (Å²) in [6.45, 7) is 4.39. The van der Waals surface area contributed by atoms with Gasteiger partial charge in [0, 0.05) is 41.7 Å². The van der Waals surface area contributed by atoms with Crippen molar-refractivity contribution in [3.63, 3.8) is 0 Å². The molecule has 0 unspecified atom stereocenters. The van der Waals surface area contributed by atoms with Crippen molar-refractivity contribution in [1.82, 2.24) is 9.80 Å². The van der Waals surface area contributed by atoms with Crippen molar-refractivity contribution >= 4 is 43.6 Å². The topological polar surface area (TPSA) is 35.6 Å². The van der Waals surface area contributed by atoms with Gasteiger partial charge in [0.2, 0.25) is 0 Å². The second-order valence-electron chi connectivity index (χ2n) is 6.12. The molecule has 1 aliphatic rings. The first-order valence-electron chi connectivity index (χ1n) is 8.39. The maximum Gasteiger partial charge on any atom is 0.321 e. The number of halogens is 2. The van der Waals surface area contributed by atoms with Crippen molar-refractivity contribution in [3.05, 3.63) is 63.0 Å². The van der Waals surface area contributed by atoms with Crippen LogP contribution in [-0.4, -0.2) is 48.6 Å². The maximum atomic E-state index is 12.5. The molecule has 3 rings (SSSR count). The van der Waals surface area contributed by atoms with Crippen molar-refractivity contribution in [2.75, 3.05) is 38.0 Å². The third-order valence-electron chi connectivity index (χ3n) is 4.39. The van der Waals surface area contributed by atoms with Gasteiger partial charge in [0.25, 0.3) is 0 Å². The Kier molecular flexibility index (Phi) is 6.51. The molecule has 0 bridgehead atoms. The van der Waals surface area contributed by atoms with E-state index in [9.17, 15) is 4.79 Å². The standard InChI is InChI=1S/C19H21Br2N3O/c20-16-6-7-18(17(21)14-16)22-19(25)24-12-10-23(11-13-24)9-8-15-4-2-1-3-5-15/h1-7,14H,8-13H2,(H,22,25). The van der Waals surface area contributed by atoms with Crippen LogP contribution in [0.4, 0.5) is 10.5 Å². The fraction of sp³-hybridized carbons (Fsp3) is 0.316. The van der Waals surface area contributed by atoms with E-state index in [1.807, 2.05) is 29.2 Å². The van der Waals surface area contributed by atoms with Crippen LogP contribution < -0.4 is 5.32 Å². The number of amides is 2. The van der Waals surface area contributed by atoms with Gasteiger partial charge in [0.05, 0.1) is 5.69 Å². The van der Waals surface area contributed by atoms with E-state index in [2.05, 4.69) is 66.3 Å². The van der Waals surface area contributed by atoms with E-state index in [0.29, 0.717) is 0 Å². The summed E-state index contributed by atoms with van der Waals surface area (Å²) in [5, 5.41) is 2.98. The maximum absolute atomic E-state index is 12.5. The van der Waals surface area contributed by atoms with Crippen LogP contribution in [0.25, 0.3) is 0 Å². The van der Waals surface area contributed by atoms with E-state index in [0.717, 1.165) is 53.8 Å². The van der Waals surface area contributed by atoms with Gasteiger partial charge >= 0.3 is 6.03 Å². The van der Waals surface area contributed by atoms with Crippen LogP contribution >= 0.6 is 31.9 Å². The van der Waals surface area contributed by atoms with Crippen LogP contribution in [0.3, 0.4) is 0 Å². The number of carbonyl (C=O) groups is 1. The fourth-order valence-electron chi connectivity index (χ4n) is 2.89. The highest BCUT2D eigenvalue weighted by Crippen LogP contribution is 2.26. The molecule has 25 heavy (non-hydrogen) atoms. The highest BCUT2D eigenvalue weighted by Gasteiger charge is 2.21. The summed E-state index contributed by atoms with van der Waals surface area (Å²) in [6.07, 6.45) is 1.05. The van der Waals surface area contributed by atoms with Gasteiger partial charge in [-0.15, -0.1) is 0 Å². The summed E-state index contributed by atoms with van der Waals surface area (Å²) < 4.78 is 1.85. The van der Waals surface area contributed by atoms with E-state index in [1.165, 1.54) is 5.56 Å². The second kappa shape index (κ2) is 8.83. The number of rotatable bonds is 4. The van der Waals surface area contributed by atoms with Gasteiger partial charge in [0.1, 0.15) is 0 Å². The van der Waals surface area contributed by atoms with E-state index in [-0.39, 0.29) is 6.03 Å². The summed E-state index contributed by atoms with van der Waals surface area (Å²) in [4.78, 5) is 16.8. The van der Waals surface area contributed by atoms with Gasteiger partial charge in [-0.05, 0) is 46.1 Å². The number of carbonyl (C=O) groups excluding carboxylic acids is 1. The van der Waals surface area contributed by atoms with Crippen molar-refractivity contribution in [1.29, 1.82) is 0 Å². The Morgan fingerprint density at radius 2 is 1.72 bits per heavy atom. The molecular formula is C19H21Br2N3O. The highest BCUT2D eigenvalue weighted by atomic mass is 79.9. The average Bonchev–Trinajstić information content (AvgIpc) is 2.63. The van der Waals surface area contributed by atoms with Crippen molar-refractivity contribution in [3.8, 4) is 0 Å². The number of piperazine rings is 1. The molecular weight excluding hydrogens is 446 g/mol. The zero-order chi connectivity index (χ0) is 17.6. The summed E-state index contributed by atoms with van der Waals surface area (Å²) in [7, 11) is 0. The van der Waals surface area contributed by atoms with Crippen LogP contribution in [0.15, 0.2) is 57.5 Å². The molecule has 1 fully saturated rings. The first-order valence-corrected chi connectivity index (χ1v) is 9.98. The first-order chi connectivity index (χ1) is 12.1. The lowest BCUT2D eigenvalue weighted by molar-refractivity contribution is 0.148. The van der Waals surface area contributed by atoms with Gasteiger partial charge in [-0.1, -0.05) is 46.3 Å². The molecule has 2 aromatic rings. The minimum atomic E-state index is -0.0364. The molecule has 2 aromatic carbocycles. The minimum absolute atomic E-state index is 0.0364. The van der Waals surface area contributed by atoms with E-state index in [1.54, 1.807) is 0 Å². The molecule has 2 amide bonds. The summed E-state index contributed by atoms with van der Waals surface area (Å²) >= 11 is 6.90. The minimum Gasteiger partial charge on any atom is -0.322 e. The normalized spacial score (nSPS) is 15.2. The predicted molar refractivity (Wildman–Crippen MR) is 109 cm³/mol. The lowest BCUT2D eigenvalue weighted by Gasteiger charge is -2.34. The molecule has 1 heterocycles. The van der Waals surface area contributed by atoms with Gasteiger partial charge in [-0.25, -0.2) is 4.79 Å². The Labute approximate surface area is 165 Å². The lowest BCUT2D eigenvalue weighted by atomic mass is 10.1. The zero-order valence-electron chi connectivity index (χ0n) is 13.9. The third-order valence-corrected chi connectivity index (χ3v) is 5.54. The Bertz CT molecular complexity index is 716. The number of anilines is 1. The molecule has 6 heteroatoms. The number of benzene rings is 2. The monoisotopic (exact) mass is 465 g/mol. The first kappa shape index (κ1) is 18.4. The molecule has 1 saturated heterocycles. The van der Waals surface area contributed by atoms with Crippen LogP contribution in [-0.2, 0) is 6.42 Å². The fourth-order valence-corrected chi connectivity index (χ4v) is 4.04. The Morgan fingerprint density at radius 1 is 1.00 bits per heavy atom. The van der Waals surface area contributed by atoms with Crippen LogP contribution in [0.5, 0.6) is 0 Å². The Balaban J connectivity index is 1.46. The molecule has 0 radical (unpaired) electrons. The summed E-state index contributed by atoms with van der Waals surface area (Å²) in [5.41, 5.74) is 2.16. The van der Waals surface area contributed by atoms with Crippen LogP contribution in [0.2, 0.25) is 0 Å². The second-order valence-corrected chi connectivity index (χ2v) is 7.89. The van der Waals surface area contributed by atoms with Crippen molar-refractivity contribution in [2.24, 2.45) is 0 Å². The number of hydrogen-bond acceptors (Lipinski definition) is 2. The molecule has 1 N–H and O–H groups in total. The molecule has 0 saturated carbocycles. The quantitative estimate of drug-likeness (QED) is 0.714. The van der Waals surface area contributed by atoms with E-state index < -0.39 is 0 Å². The molecule has 4 nitrogen and oxygen atoms in total. The van der Waals surface area contributed by atoms with Gasteiger partial charge in [-0.3, -0.25) is 4.90 Å². The molecule has 132 valence electrons. The number of nitrogens with zero attached hydrogens (tertiary/aromatic N) is 2. The van der Waals surface area contributed by atoms with Gasteiger partial charge in [0.15, 0.2) is 0 Å². The molecule has 0 atom stereocenters. The molecule has 0 aliphatic carbocycles. The summed E-state index contributed by atoms with van der Waals surface area (Å²) in [5.74, 6) is 0. The van der Waals surface area contributed by atoms with Crippen molar-refractivity contribution in [2.45, 2.75) is 6.42 Å². The van der Waals surface area contributed by atoms with Crippen LogP contribution in [0, 0.1) is 0 Å². The van der Waals surface area contributed by atoms with E-state index in [4.69, 9.17) is 0 Å². The lowest BCUT2D eigenvalue weighted by Crippen LogP contribution is -2.50. The Morgan fingerprint density at radius 3 is 2.40 bits per heavy atom. The largest absolute Gasteiger partial charge is 0.322 e. The number of urea groups is 1. The zero-order valence-corrected chi connectivity index (χ0v) is 17.1. The predicted octanol–water partition coefficient (Wildman–Crippen LogP) is 4.60. The number of hydrogen-bond donors (Lipinski definition) is 1. The third kappa shape index (κ3) is 5.30. The highest BCUT2D eigenvalue weighted by molar-refractivity contribution is 9.11. The SMILES string of the molecule is O=C(Nc1ccc(Br)cc1Br)N1CCN(CCc2ccccc2)CC1. The molecule has 0 aromatic heterocycles. The molecule has 1 aliphatic heterocycles. The smallest absolute Gasteiger partial charge is 0.321 e. The van der Waals surface area contributed by atoms with Crippen LogP contribution in [0.1, 0.15) is 5.56 Å². The molecule has 0 spiro atoms. The van der Waals surface area contributed by atoms with Crippen molar-refractivity contribution < 1.29 is 4.79 Å². The van der Waals surface area contributed by atoms with E-state index >= 15 is 0 Å².